The molecule has 0 unspecified atom stereocenters. The first-order chi connectivity index (χ1) is 5.77. The normalized spacial score (nSPS) is 8.50. The summed E-state index contributed by atoms with van der Waals surface area (Å²) in [7, 11) is 0. The van der Waals surface area contributed by atoms with Crippen LogP contribution in [0.3, 0.4) is 0 Å². The number of allylic oxidation sites excluding steroid dienone is 1. The van der Waals surface area contributed by atoms with E-state index in [1.165, 1.54) is 0 Å². The molecule has 0 rings (SSSR count). The monoisotopic (exact) mass is 170 g/mol. The number of hydrogen-bond donors (Lipinski definition) is 1. The minimum absolute atomic E-state index is 0.524. The van der Waals surface area contributed by atoms with E-state index >= 15 is 0 Å². The summed E-state index contributed by atoms with van der Waals surface area (Å²) in [5, 5.41) is 6.91. The largest absolute Gasteiger partial charge is 0.306 e. The number of rotatable bonds is 2. The smallest absolute Gasteiger partial charge is 0.0298 e. The van der Waals surface area contributed by atoms with Gasteiger partial charge in [0.25, 0.3) is 0 Å². The van der Waals surface area contributed by atoms with E-state index in [0.29, 0.717) is 5.71 Å². The third-order valence-corrected chi connectivity index (χ3v) is 0.560. The summed E-state index contributed by atoms with van der Waals surface area (Å²) in [6.07, 6.45) is 4.92. The van der Waals surface area contributed by atoms with Crippen LogP contribution in [0.2, 0.25) is 0 Å². The van der Waals surface area contributed by atoms with Crippen molar-refractivity contribution in [3.63, 3.8) is 0 Å². The fourth-order valence-corrected chi connectivity index (χ4v) is 0.241. The maximum absolute atomic E-state index is 6.91. The molecule has 12 heavy (non-hydrogen) atoms. The van der Waals surface area contributed by atoms with Crippen molar-refractivity contribution in [3.8, 4) is 0 Å². The van der Waals surface area contributed by atoms with Crippen molar-refractivity contribution in [1.82, 2.24) is 0 Å². The number of nitrogens with one attached hydrogen (secondary N) is 1. The highest BCUT2D eigenvalue weighted by Crippen LogP contribution is 1.74. The minimum atomic E-state index is 0.524. The highest BCUT2D eigenvalue weighted by Gasteiger charge is 1.69. The lowest BCUT2D eigenvalue weighted by atomic mass is 10.4. The first-order valence-electron chi connectivity index (χ1n) is 4.47. The van der Waals surface area contributed by atoms with Gasteiger partial charge in [-0.3, -0.25) is 4.99 Å². The van der Waals surface area contributed by atoms with Crippen molar-refractivity contribution < 1.29 is 0 Å². The van der Waals surface area contributed by atoms with Crippen LogP contribution in [-0.2, 0) is 0 Å². The van der Waals surface area contributed by atoms with Crippen molar-refractivity contribution in [2.75, 3.05) is 0 Å². The Balaban J connectivity index is -0.000000175. The van der Waals surface area contributed by atoms with Gasteiger partial charge < -0.3 is 5.41 Å². The first-order valence-corrected chi connectivity index (χ1v) is 4.47. The Labute approximate surface area is 76.9 Å². The van der Waals surface area contributed by atoms with E-state index in [2.05, 4.69) is 4.99 Å². The van der Waals surface area contributed by atoms with E-state index in [1.807, 2.05) is 34.6 Å². The molecule has 0 bridgehead atoms. The Morgan fingerprint density at radius 2 is 1.58 bits per heavy atom. The summed E-state index contributed by atoms with van der Waals surface area (Å²) in [6, 6.07) is 0. The molecule has 72 valence electrons. The van der Waals surface area contributed by atoms with Gasteiger partial charge in [-0.05, 0) is 19.9 Å². The molecule has 2 nitrogen and oxygen atoms in total. The number of nitrogens with zero attached hydrogens (tertiary/aromatic N) is 1. The van der Waals surface area contributed by atoms with Crippen LogP contribution in [0.25, 0.3) is 0 Å². The molecule has 0 aromatic heterocycles. The first kappa shape index (κ1) is 17.2. The second-order valence-electron chi connectivity index (χ2n) is 1.41. The molecular weight excluding hydrogens is 148 g/mol. The standard InChI is InChI=1S/C6H10N2.2C2H6/c1-3-8-5-4-6(2)7;2*1-2/h3-5,7H,1-2H3;2*1-2H3/b5-4-,7-6?,8-3?;;. The Bertz CT molecular complexity index is 124. The summed E-state index contributed by atoms with van der Waals surface area (Å²) in [6.45, 7) is 11.5. The molecule has 0 saturated heterocycles. The molecule has 0 heterocycles. The molecule has 0 aromatic rings. The lowest BCUT2D eigenvalue weighted by Crippen LogP contribution is -1.75. The van der Waals surface area contributed by atoms with E-state index in [9.17, 15) is 0 Å². The van der Waals surface area contributed by atoms with E-state index < -0.39 is 0 Å². The molecule has 0 aliphatic rings. The number of hydrogen-bond acceptors (Lipinski definition) is 2. The van der Waals surface area contributed by atoms with Gasteiger partial charge in [-0.2, -0.15) is 0 Å². The predicted molar refractivity (Wildman–Crippen MR) is 59.4 cm³/mol. The Kier molecular flexibility index (Phi) is 32.3. The second kappa shape index (κ2) is 22.5. The van der Waals surface area contributed by atoms with Gasteiger partial charge in [-0.25, -0.2) is 0 Å². The molecule has 0 radical (unpaired) electrons. The van der Waals surface area contributed by atoms with Crippen molar-refractivity contribution in [3.05, 3.63) is 12.3 Å². The summed E-state index contributed by atoms with van der Waals surface area (Å²) in [5.74, 6) is 0. The molecule has 0 spiro atoms. The maximum Gasteiger partial charge on any atom is 0.0298 e. The maximum atomic E-state index is 6.91. The van der Waals surface area contributed by atoms with Gasteiger partial charge in [0.2, 0.25) is 0 Å². The quantitative estimate of drug-likeness (QED) is 0.614. The van der Waals surface area contributed by atoms with Gasteiger partial charge in [0, 0.05) is 18.1 Å². The molecular formula is C10H22N2. The summed E-state index contributed by atoms with van der Waals surface area (Å²) in [5.41, 5.74) is 0.524. The van der Waals surface area contributed by atoms with Crippen molar-refractivity contribution in [2.24, 2.45) is 4.99 Å². The van der Waals surface area contributed by atoms with Crippen LogP contribution < -0.4 is 0 Å². The Hall–Kier alpha value is -0.920. The van der Waals surface area contributed by atoms with E-state index in [1.54, 1.807) is 25.4 Å². The summed E-state index contributed by atoms with van der Waals surface area (Å²) in [4.78, 5) is 3.77. The van der Waals surface area contributed by atoms with E-state index in [0.717, 1.165) is 0 Å². The zero-order valence-corrected chi connectivity index (χ0v) is 9.18. The summed E-state index contributed by atoms with van der Waals surface area (Å²) < 4.78 is 0. The lowest BCUT2D eigenvalue weighted by molar-refractivity contribution is 1.48. The topological polar surface area (TPSA) is 36.2 Å². The zero-order chi connectivity index (χ0) is 10.4. The van der Waals surface area contributed by atoms with Crippen LogP contribution in [0.1, 0.15) is 41.5 Å². The predicted octanol–water partition coefficient (Wildman–Crippen LogP) is 3.68. The van der Waals surface area contributed by atoms with Crippen LogP contribution in [0.15, 0.2) is 17.3 Å². The van der Waals surface area contributed by atoms with Crippen LogP contribution >= 0.6 is 0 Å². The van der Waals surface area contributed by atoms with Gasteiger partial charge in [0.15, 0.2) is 0 Å². The average Bonchev–Trinajstić information content (AvgIpc) is 2.12. The Morgan fingerprint density at radius 3 is 1.83 bits per heavy atom. The molecule has 0 fully saturated rings. The van der Waals surface area contributed by atoms with Crippen LogP contribution in [0.5, 0.6) is 0 Å². The summed E-state index contributed by atoms with van der Waals surface area (Å²) >= 11 is 0. The molecule has 0 saturated carbocycles. The van der Waals surface area contributed by atoms with Crippen molar-refractivity contribution >= 4 is 11.9 Å². The van der Waals surface area contributed by atoms with Gasteiger partial charge >= 0.3 is 0 Å². The molecule has 0 aliphatic carbocycles. The van der Waals surface area contributed by atoms with Crippen LogP contribution in [0, 0.1) is 5.41 Å². The lowest BCUT2D eigenvalue weighted by Gasteiger charge is -1.76. The highest BCUT2D eigenvalue weighted by atomic mass is 14.6. The SMILES string of the molecule is CC.CC.CC=N/C=C\C(C)=N. The average molecular weight is 170 g/mol. The fourth-order valence-electron chi connectivity index (χ4n) is 0.241. The number of aliphatic imine (C=N–C) groups is 1. The Morgan fingerprint density at radius 1 is 1.17 bits per heavy atom. The minimum Gasteiger partial charge on any atom is -0.306 e. The molecule has 1 N–H and O–H groups in total. The van der Waals surface area contributed by atoms with Gasteiger partial charge in [-0.1, -0.05) is 27.7 Å². The third-order valence-electron chi connectivity index (χ3n) is 0.560. The van der Waals surface area contributed by atoms with Crippen LogP contribution in [-0.4, -0.2) is 11.9 Å². The van der Waals surface area contributed by atoms with E-state index in [4.69, 9.17) is 5.41 Å². The highest BCUT2D eigenvalue weighted by molar-refractivity contribution is 5.89. The van der Waals surface area contributed by atoms with E-state index in [-0.39, 0.29) is 0 Å². The molecule has 0 aliphatic heterocycles. The van der Waals surface area contributed by atoms with Crippen molar-refractivity contribution in [1.29, 1.82) is 5.41 Å². The second-order valence-corrected chi connectivity index (χ2v) is 1.41. The fraction of sp³-hybridized carbons (Fsp3) is 0.600. The zero-order valence-electron chi connectivity index (χ0n) is 9.18. The molecule has 0 amide bonds. The molecule has 0 aromatic carbocycles. The van der Waals surface area contributed by atoms with Crippen LogP contribution in [0.4, 0.5) is 0 Å². The van der Waals surface area contributed by atoms with Crippen molar-refractivity contribution in [2.45, 2.75) is 41.5 Å². The third kappa shape index (κ3) is 35.6. The van der Waals surface area contributed by atoms with Gasteiger partial charge in [-0.15, -0.1) is 0 Å². The molecule has 0 atom stereocenters. The van der Waals surface area contributed by atoms with Gasteiger partial charge in [0.05, 0.1) is 0 Å². The van der Waals surface area contributed by atoms with Gasteiger partial charge in [0.1, 0.15) is 0 Å². The molecule has 2 heteroatoms.